The predicted molar refractivity (Wildman–Crippen MR) is 50.4 cm³/mol. The van der Waals surface area contributed by atoms with Crippen LogP contribution in [0.2, 0.25) is 5.15 Å². The number of carbonyl (C=O) groups is 1. The molecular formula is C8H10ClN3O. The van der Waals surface area contributed by atoms with E-state index in [9.17, 15) is 4.79 Å². The lowest BCUT2D eigenvalue weighted by Gasteiger charge is -2.11. The zero-order valence-corrected chi connectivity index (χ0v) is 8.17. The molecule has 0 spiro atoms. The van der Waals surface area contributed by atoms with E-state index < -0.39 is 0 Å². The standard InChI is InChI=1S/C8H10ClN3O/c1-12(2)11-8(13)6-3-4-10-7(9)5-6/h3-5H,1-2H3,(H,11,13). The van der Waals surface area contributed by atoms with Gasteiger partial charge in [-0.1, -0.05) is 11.6 Å². The summed E-state index contributed by atoms with van der Waals surface area (Å²) >= 11 is 5.62. The van der Waals surface area contributed by atoms with E-state index in [1.54, 1.807) is 25.2 Å². The Morgan fingerprint density at radius 3 is 2.85 bits per heavy atom. The number of pyridine rings is 1. The van der Waals surface area contributed by atoms with Crippen molar-refractivity contribution in [2.24, 2.45) is 0 Å². The summed E-state index contributed by atoms with van der Waals surface area (Å²) in [5, 5.41) is 1.88. The largest absolute Gasteiger partial charge is 0.285 e. The minimum Gasteiger partial charge on any atom is -0.285 e. The molecule has 0 aliphatic rings. The lowest BCUT2D eigenvalue weighted by molar-refractivity contribution is 0.0857. The Morgan fingerprint density at radius 2 is 2.31 bits per heavy atom. The van der Waals surface area contributed by atoms with Crippen molar-refractivity contribution < 1.29 is 4.79 Å². The zero-order valence-electron chi connectivity index (χ0n) is 7.41. The molecule has 0 fully saturated rings. The number of aromatic nitrogens is 1. The fourth-order valence-corrected chi connectivity index (χ4v) is 0.985. The van der Waals surface area contributed by atoms with Crippen LogP contribution in [0, 0.1) is 0 Å². The van der Waals surface area contributed by atoms with Gasteiger partial charge in [0.1, 0.15) is 5.15 Å². The van der Waals surface area contributed by atoms with Gasteiger partial charge < -0.3 is 0 Å². The van der Waals surface area contributed by atoms with Crippen LogP contribution in [0.4, 0.5) is 0 Å². The van der Waals surface area contributed by atoms with Gasteiger partial charge in [-0.3, -0.25) is 10.2 Å². The van der Waals surface area contributed by atoms with Crippen LogP contribution in [0.3, 0.4) is 0 Å². The Balaban J connectivity index is 2.77. The monoisotopic (exact) mass is 199 g/mol. The van der Waals surface area contributed by atoms with Gasteiger partial charge in [0.2, 0.25) is 0 Å². The summed E-state index contributed by atoms with van der Waals surface area (Å²) in [7, 11) is 3.47. The van der Waals surface area contributed by atoms with Gasteiger partial charge in [-0.15, -0.1) is 0 Å². The summed E-state index contributed by atoms with van der Waals surface area (Å²) in [5.74, 6) is -0.200. The normalized spacial score (nSPS) is 10.2. The van der Waals surface area contributed by atoms with Crippen LogP contribution in [0.5, 0.6) is 0 Å². The second-order valence-corrected chi connectivity index (χ2v) is 3.09. The Kier molecular flexibility index (Phi) is 3.22. The summed E-state index contributed by atoms with van der Waals surface area (Å²) in [6, 6.07) is 3.12. The number of nitrogens with one attached hydrogen (secondary N) is 1. The highest BCUT2D eigenvalue weighted by atomic mass is 35.5. The Hall–Kier alpha value is -1.13. The van der Waals surface area contributed by atoms with Crippen molar-refractivity contribution in [1.82, 2.24) is 15.4 Å². The molecule has 0 aromatic carbocycles. The van der Waals surface area contributed by atoms with Crippen molar-refractivity contribution in [2.75, 3.05) is 14.1 Å². The second kappa shape index (κ2) is 4.20. The number of rotatable bonds is 2. The Morgan fingerprint density at radius 1 is 1.62 bits per heavy atom. The molecule has 1 N–H and O–H groups in total. The third-order valence-electron chi connectivity index (χ3n) is 1.31. The van der Waals surface area contributed by atoms with Crippen LogP contribution < -0.4 is 5.43 Å². The van der Waals surface area contributed by atoms with E-state index >= 15 is 0 Å². The van der Waals surface area contributed by atoms with Gasteiger partial charge in [0, 0.05) is 25.9 Å². The van der Waals surface area contributed by atoms with Gasteiger partial charge in [0.15, 0.2) is 0 Å². The number of halogens is 1. The molecule has 0 saturated heterocycles. The molecule has 4 nitrogen and oxygen atoms in total. The van der Waals surface area contributed by atoms with Crippen molar-refractivity contribution in [3.8, 4) is 0 Å². The topological polar surface area (TPSA) is 45.2 Å². The third-order valence-corrected chi connectivity index (χ3v) is 1.52. The van der Waals surface area contributed by atoms with Crippen LogP contribution in [0.25, 0.3) is 0 Å². The minimum atomic E-state index is -0.200. The molecule has 5 heteroatoms. The Labute approximate surface area is 81.5 Å². The highest BCUT2D eigenvalue weighted by Crippen LogP contribution is 2.06. The number of amides is 1. The summed E-state index contributed by atoms with van der Waals surface area (Å²) in [4.78, 5) is 15.1. The van der Waals surface area contributed by atoms with Gasteiger partial charge in [-0.05, 0) is 12.1 Å². The van der Waals surface area contributed by atoms with Gasteiger partial charge >= 0.3 is 0 Å². The predicted octanol–water partition coefficient (Wildman–Crippen LogP) is 0.941. The second-order valence-electron chi connectivity index (χ2n) is 2.70. The SMILES string of the molecule is CN(C)NC(=O)c1ccnc(Cl)c1. The molecule has 1 rings (SSSR count). The molecule has 70 valence electrons. The quantitative estimate of drug-likeness (QED) is 0.570. The highest BCUT2D eigenvalue weighted by Gasteiger charge is 2.05. The van der Waals surface area contributed by atoms with Crippen molar-refractivity contribution in [3.05, 3.63) is 29.0 Å². The van der Waals surface area contributed by atoms with E-state index in [4.69, 9.17) is 11.6 Å². The molecule has 0 aliphatic carbocycles. The minimum absolute atomic E-state index is 0.200. The van der Waals surface area contributed by atoms with Crippen LogP contribution in [-0.4, -0.2) is 30.0 Å². The smallest absolute Gasteiger partial charge is 0.265 e. The van der Waals surface area contributed by atoms with E-state index in [0.29, 0.717) is 10.7 Å². The van der Waals surface area contributed by atoms with Gasteiger partial charge in [0.25, 0.3) is 5.91 Å². The van der Waals surface area contributed by atoms with Crippen LogP contribution >= 0.6 is 11.6 Å². The molecule has 1 aromatic heterocycles. The van der Waals surface area contributed by atoms with Crippen molar-refractivity contribution in [3.63, 3.8) is 0 Å². The molecule has 0 saturated carbocycles. The first-order valence-corrected chi connectivity index (χ1v) is 4.07. The van der Waals surface area contributed by atoms with E-state index in [0.717, 1.165) is 0 Å². The number of carbonyl (C=O) groups excluding carboxylic acids is 1. The number of nitrogens with zero attached hydrogens (tertiary/aromatic N) is 2. The van der Waals surface area contributed by atoms with Gasteiger partial charge in [0.05, 0.1) is 0 Å². The van der Waals surface area contributed by atoms with Gasteiger partial charge in [-0.2, -0.15) is 0 Å². The van der Waals surface area contributed by atoms with E-state index in [-0.39, 0.29) is 5.91 Å². The lowest BCUT2D eigenvalue weighted by atomic mass is 10.2. The number of hydrogen-bond acceptors (Lipinski definition) is 3. The van der Waals surface area contributed by atoms with Crippen molar-refractivity contribution >= 4 is 17.5 Å². The zero-order chi connectivity index (χ0) is 9.84. The van der Waals surface area contributed by atoms with E-state index in [2.05, 4.69) is 10.4 Å². The van der Waals surface area contributed by atoms with Crippen LogP contribution in [0.1, 0.15) is 10.4 Å². The average Bonchev–Trinajstić information content (AvgIpc) is 2.03. The maximum atomic E-state index is 11.4. The maximum Gasteiger partial charge on any atom is 0.265 e. The first-order valence-electron chi connectivity index (χ1n) is 3.69. The molecule has 1 amide bonds. The molecule has 0 bridgehead atoms. The lowest BCUT2D eigenvalue weighted by Crippen LogP contribution is -2.36. The molecule has 0 aliphatic heterocycles. The molecule has 1 heterocycles. The highest BCUT2D eigenvalue weighted by molar-refractivity contribution is 6.29. The first kappa shape index (κ1) is 9.95. The van der Waals surface area contributed by atoms with E-state index in [1.807, 2.05) is 0 Å². The molecule has 1 aromatic rings. The molecular weight excluding hydrogens is 190 g/mol. The summed E-state index contributed by atoms with van der Waals surface area (Å²) in [5.41, 5.74) is 3.09. The number of hydrogen-bond donors (Lipinski definition) is 1. The molecule has 0 atom stereocenters. The van der Waals surface area contributed by atoms with Crippen LogP contribution in [0.15, 0.2) is 18.3 Å². The van der Waals surface area contributed by atoms with Crippen molar-refractivity contribution in [2.45, 2.75) is 0 Å². The maximum absolute atomic E-state index is 11.4. The summed E-state index contributed by atoms with van der Waals surface area (Å²) < 4.78 is 0. The fraction of sp³-hybridized carbons (Fsp3) is 0.250. The Bertz CT molecular complexity index is 314. The van der Waals surface area contributed by atoms with Crippen LogP contribution in [-0.2, 0) is 0 Å². The van der Waals surface area contributed by atoms with Crippen molar-refractivity contribution in [1.29, 1.82) is 0 Å². The van der Waals surface area contributed by atoms with E-state index in [1.165, 1.54) is 12.3 Å². The molecule has 0 unspecified atom stereocenters. The summed E-state index contributed by atoms with van der Waals surface area (Å²) in [6.45, 7) is 0. The van der Waals surface area contributed by atoms with Gasteiger partial charge in [-0.25, -0.2) is 9.99 Å². The average molecular weight is 200 g/mol. The first-order chi connectivity index (χ1) is 6.09. The summed E-state index contributed by atoms with van der Waals surface area (Å²) in [6.07, 6.45) is 1.49. The third kappa shape index (κ3) is 3.01. The molecule has 0 radical (unpaired) electrons. The fourth-order valence-electron chi connectivity index (χ4n) is 0.811. The number of hydrazine groups is 1. The molecule has 13 heavy (non-hydrogen) atoms.